The van der Waals surface area contributed by atoms with E-state index in [1.54, 1.807) is 0 Å². The van der Waals surface area contributed by atoms with Gasteiger partial charge in [0.1, 0.15) is 5.82 Å². The van der Waals surface area contributed by atoms with Crippen LogP contribution in [0.1, 0.15) is 81.4 Å². The van der Waals surface area contributed by atoms with Gasteiger partial charge in [-0.2, -0.15) is 0 Å². The number of hydrogen-bond acceptors (Lipinski definition) is 1. The van der Waals surface area contributed by atoms with Crippen molar-refractivity contribution in [2.75, 3.05) is 0 Å². The van der Waals surface area contributed by atoms with Gasteiger partial charge in [-0.1, -0.05) is 6.92 Å². The Hall–Kier alpha value is -0.790. The first-order valence-corrected chi connectivity index (χ1v) is 8.81. The van der Waals surface area contributed by atoms with E-state index in [1.165, 1.54) is 75.0 Å². The lowest BCUT2D eigenvalue weighted by Gasteiger charge is -2.56. The van der Waals surface area contributed by atoms with Gasteiger partial charge in [-0.15, -0.1) is 0 Å². The van der Waals surface area contributed by atoms with Crippen molar-refractivity contribution in [2.45, 2.75) is 76.0 Å². The summed E-state index contributed by atoms with van der Waals surface area (Å²) < 4.78 is 0. The van der Waals surface area contributed by atoms with Crippen LogP contribution in [-0.2, 0) is 11.8 Å². The fraction of sp³-hybridized carbons (Fsp3) is 0.833. The minimum atomic E-state index is 0.450. The number of aromatic nitrogens is 2. The molecule has 1 unspecified atom stereocenters. The maximum absolute atomic E-state index is 5.17. The first-order chi connectivity index (χ1) is 9.72. The van der Waals surface area contributed by atoms with Crippen LogP contribution in [0.5, 0.6) is 0 Å². The number of fused-ring (bicyclic) bond motifs is 1. The smallest absolute Gasteiger partial charge is 0.112 e. The lowest BCUT2D eigenvalue weighted by molar-refractivity contribution is -0.00909. The van der Waals surface area contributed by atoms with Gasteiger partial charge in [0.15, 0.2) is 0 Å². The minimum absolute atomic E-state index is 0.450. The predicted molar refractivity (Wildman–Crippen MR) is 79.8 cm³/mol. The van der Waals surface area contributed by atoms with Crippen LogP contribution < -0.4 is 0 Å². The molecule has 2 heteroatoms. The fourth-order valence-corrected chi connectivity index (χ4v) is 6.39. The van der Waals surface area contributed by atoms with Crippen molar-refractivity contribution >= 4 is 0 Å². The van der Waals surface area contributed by atoms with Crippen molar-refractivity contribution in [1.82, 2.24) is 9.97 Å². The van der Waals surface area contributed by atoms with E-state index < -0.39 is 0 Å². The van der Waals surface area contributed by atoms with Crippen molar-refractivity contribution in [3.63, 3.8) is 0 Å². The molecule has 6 rings (SSSR count). The quantitative estimate of drug-likeness (QED) is 0.809. The van der Waals surface area contributed by atoms with E-state index in [4.69, 9.17) is 4.98 Å². The second-order valence-corrected chi connectivity index (χ2v) is 8.44. The molecule has 1 aromatic heterocycles. The fourth-order valence-electron chi connectivity index (χ4n) is 6.39. The highest BCUT2D eigenvalue weighted by molar-refractivity contribution is 5.27. The zero-order valence-corrected chi connectivity index (χ0v) is 12.6. The maximum atomic E-state index is 5.17. The van der Waals surface area contributed by atoms with Gasteiger partial charge in [-0.25, -0.2) is 4.98 Å². The van der Waals surface area contributed by atoms with Crippen molar-refractivity contribution in [2.24, 2.45) is 17.8 Å². The summed E-state index contributed by atoms with van der Waals surface area (Å²) in [5, 5.41) is 0. The first-order valence-electron chi connectivity index (χ1n) is 8.81. The SMILES string of the molecule is CC1CCCc2[nH]c(C34CC5CC(CC(C5)C3)C4)nc21. The average molecular weight is 270 g/mol. The molecule has 108 valence electrons. The summed E-state index contributed by atoms with van der Waals surface area (Å²) >= 11 is 0. The second-order valence-electron chi connectivity index (χ2n) is 8.44. The first kappa shape index (κ1) is 11.8. The summed E-state index contributed by atoms with van der Waals surface area (Å²) in [7, 11) is 0. The monoisotopic (exact) mass is 270 g/mol. The summed E-state index contributed by atoms with van der Waals surface area (Å²) in [5.74, 6) is 5.12. The van der Waals surface area contributed by atoms with E-state index in [9.17, 15) is 0 Å². The molecular formula is C18H26N2. The number of nitrogens with one attached hydrogen (secondary N) is 1. The Balaban J connectivity index is 1.56. The van der Waals surface area contributed by atoms with E-state index in [2.05, 4.69) is 11.9 Å². The second kappa shape index (κ2) is 3.90. The van der Waals surface area contributed by atoms with E-state index >= 15 is 0 Å². The Morgan fingerprint density at radius 3 is 2.30 bits per heavy atom. The van der Waals surface area contributed by atoms with Crippen LogP contribution in [0.25, 0.3) is 0 Å². The van der Waals surface area contributed by atoms with Crippen LogP contribution in [0.2, 0.25) is 0 Å². The van der Waals surface area contributed by atoms with Gasteiger partial charge in [-0.05, 0) is 75.5 Å². The normalized spacial score (nSPS) is 45.6. The molecule has 0 radical (unpaired) electrons. The lowest BCUT2D eigenvalue weighted by Crippen LogP contribution is -2.49. The van der Waals surface area contributed by atoms with E-state index in [-0.39, 0.29) is 0 Å². The van der Waals surface area contributed by atoms with Crippen LogP contribution in [-0.4, -0.2) is 9.97 Å². The number of aromatic amines is 1. The van der Waals surface area contributed by atoms with Crippen LogP contribution in [0.4, 0.5) is 0 Å². The molecule has 1 heterocycles. The third-order valence-corrected chi connectivity index (χ3v) is 6.88. The zero-order valence-electron chi connectivity index (χ0n) is 12.6. The maximum Gasteiger partial charge on any atom is 0.112 e. The summed E-state index contributed by atoms with van der Waals surface area (Å²) in [6, 6.07) is 0. The molecular weight excluding hydrogens is 244 g/mol. The van der Waals surface area contributed by atoms with E-state index in [0.717, 1.165) is 17.8 Å². The third kappa shape index (κ3) is 1.54. The summed E-state index contributed by atoms with van der Waals surface area (Å²) in [5.41, 5.74) is 3.35. The molecule has 1 N–H and O–H groups in total. The molecule has 4 bridgehead atoms. The van der Waals surface area contributed by atoms with Gasteiger partial charge < -0.3 is 4.98 Å². The Morgan fingerprint density at radius 2 is 1.70 bits per heavy atom. The molecule has 2 nitrogen and oxygen atoms in total. The van der Waals surface area contributed by atoms with Gasteiger partial charge >= 0.3 is 0 Å². The van der Waals surface area contributed by atoms with Crippen LogP contribution in [0.15, 0.2) is 0 Å². The highest BCUT2D eigenvalue weighted by Gasteiger charge is 2.53. The number of imidazole rings is 1. The molecule has 0 amide bonds. The molecule has 5 aliphatic carbocycles. The molecule has 1 atom stereocenters. The number of aryl methyl sites for hydroxylation is 1. The largest absolute Gasteiger partial charge is 0.345 e. The summed E-state index contributed by atoms with van der Waals surface area (Å²) in [4.78, 5) is 8.98. The number of H-pyrrole nitrogens is 1. The van der Waals surface area contributed by atoms with Gasteiger partial charge in [0.2, 0.25) is 0 Å². The zero-order chi connectivity index (χ0) is 13.3. The van der Waals surface area contributed by atoms with Crippen LogP contribution in [0.3, 0.4) is 0 Å². The van der Waals surface area contributed by atoms with Gasteiger partial charge in [0.25, 0.3) is 0 Å². The van der Waals surface area contributed by atoms with E-state index in [1.807, 2.05) is 0 Å². The van der Waals surface area contributed by atoms with Crippen molar-refractivity contribution in [3.05, 3.63) is 17.2 Å². The van der Waals surface area contributed by atoms with Crippen molar-refractivity contribution in [1.29, 1.82) is 0 Å². The Labute approximate surface area is 121 Å². The molecule has 1 aromatic rings. The number of hydrogen-bond donors (Lipinski definition) is 1. The number of nitrogens with zero attached hydrogens (tertiary/aromatic N) is 1. The standard InChI is InChI=1S/C18H26N2/c1-11-3-2-4-15-16(11)20-17(19-15)18-8-12-5-13(9-18)7-14(6-12)10-18/h11-14H,2-10H2,1H3,(H,19,20). The van der Waals surface area contributed by atoms with Gasteiger partial charge in [0.05, 0.1) is 5.69 Å². The predicted octanol–water partition coefficient (Wildman–Crippen LogP) is 4.32. The number of rotatable bonds is 1. The molecule has 0 spiro atoms. The van der Waals surface area contributed by atoms with Gasteiger partial charge in [-0.3, -0.25) is 0 Å². The average Bonchev–Trinajstić information content (AvgIpc) is 2.83. The molecule has 20 heavy (non-hydrogen) atoms. The molecule has 0 aromatic carbocycles. The highest BCUT2D eigenvalue weighted by atomic mass is 15.0. The van der Waals surface area contributed by atoms with Crippen LogP contribution >= 0.6 is 0 Å². The van der Waals surface area contributed by atoms with Gasteiger partial charge in [0, 0.05) is 17.0 Å². The Bertz CT molecular complexity index is 506. The molecule has 5 aliphatic rings. The topological polar surface area (TPSA) is 28.7 Å². The molecule has 0 saturated heterocycles. The minimum Gasteiger partial charge on any atom is -0.345 e. The highest BCUT2D eigenvalue weighted by Crippen LogP contribution is 2.60. The lowest BCUT2D eigenvalue weighted by atomic mass is 9.49. The molecule has 0 aliphatic heterocycles. The van der Waals surface area contributed by atoms with E-state index in [0.29, 0.717) is 11.3 Å². The molecule has 4 fully saturated rings. The van der Waals surface area contributed by atoms with Crippen LogP contribution in [0, 0.1) is 17.8 Å². The Morgan fingerprint density at radius 1 is 1.05 bits per heavy atom. The molecule has 4 saturated carbocycles. The summed E-state index contributed by atoms with van der Waals surface area (Å²) in [6.45, 7) is 2.36. The summed E-state index contributed by atoms with van der Waals surface area (Å²) in [6.07, 6.45) is 12.8. The third-order valence-electron chi connectivity index (χ3n) is 6.88. The van der Waals surface area contributed by atoms with Crippen molar-refractivity contribution < 1.29 is 0 Å². The Kier molecular flexibility index (Phi) is 2.30. The van der Waals surface area contributed by atoms with Crippen molar-refractivity contribution in [3.8, 4) is 0 Å².